The van der Waals surface area contributed by atoms with Gasteiger partial charge in [0, 0.05) is 54.7 Å². The molecule has 0 atom stereocenters. The highest BCUT2D eigenvalue weighted by atomic mass is 16.1. The number of carbonyl (C=O) groups is 1. The normalized spacial score (nSPS) is 14.8. The smallest absolute Gasteiger partial charge is 0.267 e. The minimum absolute atomic E-state index is 0.309. The lowest BCUT2D eigenvalue weighted by molar-refractivity contribution is 0.0996. The molecule has 0 unspecified atom stereocenters. The highest BCUT2D eigenvalue weighted by Crippen LogP contribution is 2.37. The van der Waals surface area contributed by atoms with Crippen LogP contribution in [0.3, 0.4) is 0 Å². The predicted octanol–water partition coefficient (Wildman–Crippen LogP) is 2.72. The molecule has 1 aliphatic rings. The summed E-state index contributed by atoms with van der Waals surface area (Å²) in [7, 11) is 1.92. The maximum Gasteiger partial charge on any atom is 0.267 e. The number of aryl methyl sites for hydroxylation is 1. The molecule has 0 bridgehead atoms. The quantitative estimate of drug-likeness (QED) is 0.798. The zero-order valence-corrected chi connectivity index (χ0v) is 14.3. The Labute approximate surface area is 146 Å². The van der Waals surface area contributed by atoms with Crippen LogP contribution in [-0.2, 0) is 7.05 Å². The lowest BCUT2D eigenvalue weighted by Gasteiger charge is -2.31. The molecule has 25 heavy (non-hydrogen) atoms. The van der Waals surface area contributed by atoms with Crippen molar-refractivity contribution in [3.63, 3.8) is 0 Å². The first-order valence-corrected chi connectivity index (χ1v) is 8.61. The van der Waals surface area contributed by atoms with E-state index in [0.717, 1.165) is 40.8 Å². The average molecular weight is 335 g/mol. The second-order valence-corrected chi connectivity index (χ2v) is 6.54. The van der Waals surface area contributed by atoms with Crippen LogP contribution in [0, 0.1) is 0 Å². The van der Waals surface area contributed by atoms with Crippen LogP contribution in [0.25, 0.3) is 22.0 Å². The Kier molecular flexibility index (Phi) is 3.87. The molecule has 6 heteroatoms. The zero-order valence-electron chi connectivity index (χ0n) is 14.3. The van der Waals surface area contributed by atoms with Crippen molar-refractivity contribution in [3.05, 3.63) is 42.4 Å². The van der Waals surface area contributed by atoms with Gasteiger partial charge in [-0.15, -0.1) is 0 Å². The van der Waals surface area contributed by atoms with E-state index in [1.807, 2.05) is 30.1 Å². The SMILES string of the molecule is Cn1cc2cc(-c3cccnc3C(N)=O)c(N3CCCCC3)cc2n1. The number of hydrogen-bond donors (Lipinski definition) is 1. The Morgan fingerprint density at radius 2 is 1.96 bits per heavy atom. The number of fused-ring (bicyclic) bond motifs is 1. The summed E-state index contributed by atoms with van der Waals surface area (Å²) >= 11 is 0. The molecule has 2 aromatic heterocycles. The van der Waals surface area contributed by atoms with Crippen LogP contribution in [0.2, 0.25) is 0 Å². The Morgan fingerprint density at radius 3 is 2.72 bits per heavy atom. The number of primary amides is 1. The summed E-state index contributed by atoms with van der Waals surface area (Å²) in [4.78, 5) is 18.5. The Hall–Kier alpha value is -2.89. The van der Waals surface area contributed by atoms with Crippen LogP contribution in [0.15, 0.2) is 36.7 Å². The number of amides is 1. The average Bonchev–Trinajstić information content (AvgIpc) is 3.00. The number of pyridine rings is 1. The number of aromatic nitrogens is 3. The third-order valence-corrected chi connectivity index (χ3v) is 4.76. The summed E-state index contributed by atoms with van der Waals surface area (Å²) < 4.78 is 1.81. The van der Waals surface area contributed by atoms with Gasteiger partial charge in [0.15, 0.2) is 0 Å². The monoisotopic (exact) mass is 335 g/mol. The standard InChI is InChI=1S/C19H21N5O/c1-23-12-13-10-15(14-6-5-7-21-18(14)19(20)25)17(11-16(13)22-23)24-8-3-2-4-9-24/h5-7,10-12H,2-4,8-9H2,1H3,(H2,20,25). The summed E-state index contributed by atoms with van der Waals surface area (Å²) in [6, 6.07) is 7.97. The number of benzene rings is 1. The van der Waals surface area contributed by atoms with Gasteiger partial charge >= 0.3 is 0 Å². The Balaban J connectivity index is 1.96. The number of anilines is 1. The number of rotatable bonds is 3. The van der Waals surface area contributed by atoms with Crippen LogP contribution < -0.4 is 10.6 Å². The Bertz CT molecular complexity index is 940. The first-order chi connectivity index (χ1) is 12.1. The van der Waals surface area contributed by atoms with Crippen LogP contribution in [0.5, 0.6) is 0 Å². The molecule has 0 aliphatic carbocycles. The first kappa shape index (κ1) is 15.6. The van der Waals surface area contributed by atoms with Crippen LogP contribution in [-0.4, -0.2) is 33.8 Å². The molecular weight excluding hydrogens is 314 g/mol. The summed E-state index contributed by atoms with van der Waals surface area (Å²) in [5, 5.41) is 5.58. The van der Waals surface area contributed by atoms with Gasteiger partial charge in [0.25, 0.3) is 5.91 Å². The molecule has 3 aromatic rings. The second-order valence-electron chi connectivity index (χ2n) is 6.54. The fourth-order valence-electron chi connectivity index (χ4n) is 3.62. The van der Waals surface area contributed by atoms with Crippen LogP contribution in [0.4, 0.5) is 5.69 Å². The Morgan fingerprint density at radius 1 is 1.16 bits per heavy atom. The zero-order chi connectivity index (χ0) is 17.4. The van der Waals surface area contributed by atoms with E-state index in [1.54, 1.807) is 6.20 Å². The van der Waals surface area contributed by atoms with Gasteiger partial charge in [0.05, 0.1) is 5.52 Å². The van der Waals surface area contributed by atoms with Crippen molar-refractivity contribution in [2.45, 2.75) is 19.3 Å². The van der Waals surface area contributed by atoms with Gasteiger partial charge < -0.3 is 10.6 Å². The van der Waals surface area contributed by atoms with Gasteiger partial charge in [-0.2, -0.15) is 5.10 Å². The van der Waals surface area contributed by atoms with Gasteiger partial charge in [-0.25, -0.2) is 0 Å². The minimum Gasteiger partial charge on any atom is -0.371 e. The molecule has 1 amide bonds. The maximum absolute atomic E-state index is 11.9. The molecule has 128 valence electrons. The maximum atomic E-state index is 11.9. The van der Waals surface area contributed by atoms with Crippen LogP contribution >= 0.6 is 0 Å². The minimum atomic E-state index is -0.508. The lowest BCUT2D eigenvalue weighted by Crippen LogP contribution is -2.30. The molecule has 1 aliphatic heterocycles. The fourth-order valence-corrected chi connectivity index (χ4v) is 3.62. The largest absolute Gasteiger partial charge is 0.371 e. The molecule has 1 saturated heterocycles. The summed E-state index contributed by atoms with van der Waals surface area (Å²) in [5.41, 5.74) is 9.70. The number of hydrogen-bond acceptors (Lipinski definition) is 4. The van der Waals surface area contributed by atoms with Gasteiger partial charge in [0.1, 0.15) is 5.69 Å². The number of nitrogens with two attached hydrogens (primary N) is 1. The number of carbonyl (C=O) groups excluding carboxylic acids is 1. The third kappa shape index (κ3) is 2.84. The molecule has 1 fully saturated rings. The predicted molar refractivity (Wildman–Crippen MR) is 98.5 cm³/mol. The molecule has 0 saturated carbocycles. The van der Waals surface area contributed by atoms with Crippen molar-refractivity contribution in [2.75, 3.05) is 18.0 Å². The van der Waals surface area contributed by atoms with E-state index in [4.69, 9.17) is 5.73 Å². The van der Waals surface area contributed by atoms with E-state index in [0.29, 0.717) is 5.69 Å². The van der Waals surface area contributed by atoms with Crippen molar-refractivity contribution < 1.29 is 4.79 Å². The van der Waals surface area contributed by atoms with E-state index in [-0.39, 0.29) is 0 Å². The summed E-state index contributed by atoms with van der Waals surface area (Å²) in [5.74, 6) is -0.508. The van der Waals surface area contributed by atoms with Crippen molar-refractivity contribution in [3.8, 4) is 11.1 Å². The van der Waals surface area contributed by atoms with E-state index >= 15 is 0 Å². The van der Waals surface area contributed by atoms with Crippen molar-refractivity contribution in [1.82, 2.24) is 14.8 Å². The molecule has 6 nitrogen and oxygen atoms in total. The van der Waals surface area contributed by atoms with E-state index in [1.165, 1.54) is 19.3 Å². The fraction of sp³-hybridized carbons (Fsp3) is 0.316. The number of nitrogens with zero attached hydrogens (tertiary/aromatic N) is 4. The molecule has 1 aromatic carbocycles. The van der Waals surface area contributed by atoms with E-state index in [9.17, 15) is 4.79 Å². The second kappa shape index (κ2) is 6.20. The van der Waals surface area contributed by atoms with E-state index in [2.05, 4.69) is 27.1 Å². The topological polar surface area (TPSA) is 77.0 Å². The summed E-state index contributed by atoms with van der Waals surface area (Å²) in [6.45, 7) is 2.02. The molecule has 0 spiro atoms. The van der Waals surface area contributed by atoms with Crippen molar-refractivity contribution in [2.24, 2.45) is 12.8 Å². The van der Waals surface area contributed by atoms with E-state index < -0.39 is 5.91 Å². The highest BCUT2D eigenvalue weighted by Gasteiger charge is 2.20. The van der Waals surface area contributed by atoms with Gasteiger partial charge in [0.2, 0.25) is 0 Å². The van der Waals surface area contributed by atoms with Gasteiger partial charge in [-0.05, 0) is 37.5 Å². The summed E-state index contributed by atoms with van der Waals surface area (Å²) in [6.07, 6.45) is 7.20. The molecule has 4 rings (SSSR count). The first-order valence-electron chi connectivity index (χ1n) is 8.61. The third-order valence-electron chi connectivity index (χ3n) is 4.76. The van der Waals surface area contributed by atoms with Crippen LogP contribution in [0.1, 0.15) is 29.8 Å². The molecular formula is C19H21N5O. The molecule has 3 heterocycles. The number of piperidine rings is 1. The molecule has 0 radical (unpaired) electrons. The van der Waals surface area contributed by atoms with Crippen molar-refractivity contribution in [1.29, 1.82) is 0 Å². The molecule has 2 N–H and O–H groups in total. The van der Waals surface area contributed by atoms with Crippen molar-refractivity contribution >= 4 is 22.5 Å². The van der Waals surface area contributed by atoms with Gasteiger partial charge in [-0.1, -0.05) is 6.07 Å². The highest BCUT2D eigenvalue weighted by molar-refractivity contribution is 6.02. The lowest BCUT2D eigenvalue weighted by atomic mass is 9.98. The van der Waals surface area contributed by atoms with Gasteiger partial charge in [-0.3, -0.25) is 14.5 Å².